The third-order valence-electron chi connectivity index (χ3n) is 5.70. The first kappa shape index (κ1) is 21.4. The van der Waals surface area contributed by atoms with Crippen LogP contribution < -0.4 is 0 Å². The lowest BCUT2D eigenvalue weighted by Crippen LogP contribution is -2.43. The average molecular weight is 464 g/mol. The molecular weight excluding hydrogens is 447 g/mol. The zero-order valence-electron chi connectivity index (χ0n) is 17.1. The predicted molar refractivity (Wildman–Crippen MR) is 109 cm³/mol. The maximum atomic E-state index is 13.4. The standard InChI is InChI=1S/C22H17F5N4O2/c23-21(24)5-7-30(8-6-21)20(32)16-9-17-14(10-28-16)19(29-31(17)12-22(25,26)27)15-11-33-18-4-2-1-3-13(15)18/h1-4,9-11H,5-8,12H2. The lowest BCUT2D eigenvalue weighted by atomic mass is 10.1. The fourth-order valence-corrected chi connectivity index (χ4v) is 4.04. The van der Waals surface area contributed by atoms with Gasteiger partial charge in [-0.2, -0.15) is 18.3 Å². The summed E-state index contributed by atoms with van der Waals surface area (Å²) in [7, 11) is 0. The predicted octanol–water partition coefficient (Wildman–Crippen LogP) is 5.28. The molecule has 11 heteroatoms. The number of amides is 1. The van der Waals surface area contributed by atoms with E-state index in [2.05, 4.69) is 10.1 Å². The lowest BCUT2D eigenvalue weighted by Gasteiger charge is -2.31. The van der Waals surface area contributed by atoms with Crippen LogP contribution in [0.25, 0.3) is 33.1 Å². The number of nitrogens with zero attached hydrogens (tertiary/aromatic N) is 4. The van der Waals surface area contributed by atoms with Crippen molar-refractivity contribution in [2.75, 3.05) is 13.1 Å². The molecule has 1 aliphatic heterocycles. The number of hydrogen-bond donors (Lipinski definition) is 0. The van der Waals surface area contributed by atoms with Crippen molar-refractivity contribution in [1.82, 2.24) is 19.7 Å². The number of alkyl halides is 5. The second-order valence-electron chi connectivity index (χ2n) is 8.00. The molecule has 1 fully saturated rings. The van der Waals surface area contributed by atoms with Crippen LogP contribution in [0.4, 0.5) is 22.0 Å². The number of furan rings is 1. The summed E-state index contributed by atoms with van der Waals surface area (Å²) in [4.78, 5) is 18.2. The van der Waals surface area contributed by atoms with E-state index >= 15 is 0 Å². The molecule has 1 aliphatic rings. The van der Waals surface area contributed by atoms with Crippen molar-refractivity contribution in [2.45, 2.75) is 31.5 Å². The van der Waals surface area contributed by atoms with Crippen molar-refractivity contribution in [3.05, 3.63) is 48.5 Å². The van der Waals surface area contributed by atoms with Gasteiger partial charge in [0, 0.05) is 48.5 Å². The Morgan fingerprint density at radius 1 is 1.12 bits per heavy atom. The van der Waals surface area contributed by atoms with E-state index in [0.29, 0.717) is 21.9 Å². The normalized spacial score (nSPS) is 16.6. The van der Waals surface area contributed by atoms with Crippen LogP contribution in [0.1, 0.15) is 23.3 Å². The SMILES string of the molecule is O=C(c1cc2c(cn1)c(-c1coc3ccccc13)nn2CC(F)(F)F)N1CCC(F)(F)CC1. The number of hydrogen-bond acceptors (Lipinski definition) is 4. The Labute approximate surface area is 183 Å². The van der Waals surface area contributed by atoms with Gasteiger partial charge in [-0.3, -0.25) is 14.5 Å². The second kappa shape index (κ2) is 7.53. The molecule has 0 spiro atoms. The number of likely N-dealkylation sites (tertiary alicyclic amines) is 1. The minimum Gasteiger partial charge on any atom is -0.464 e. The van der Waals surface area contributed by atoms with Crippen molar-refractivity contribution < 1.29 is 31.2 Å². The molecule has 6 nitrogen and oxygen atoms in total. The highest BCUT2D eigenvalue weighted by atomic mass is 19.4. The van der Waals surface area contributed by atoms with E-state index in [1.54, 1.807) is 24.3 Å². The first-order valence-electron chi connectivity index (χ1n) is 10.2. The minimum absolute atomic E-state index is 0.0632. The molecule has 0 saturated carbocycles. The molecule has 172 valence electrons. The van der Waals surface area contributed by atoms with E-state index in [9.17, 15) is 26.7 Å². The Bertz CT molecular complexity index is 1350. The minimum atomic E-state index is -4.55. The molecular formula is C22H17F5N4O2. The maximum absolute atomic E-state index is 13.4. The highest BCUT2D eigenvalue weighted by Crippen LogP contribution is 2.36. The average Bonchev–Trinajstić information content (AvgIpc) is 3.33. The molecule has 0 N–H and O–H groups in total. The maximum Gasteiger partial charge on any atom is 0.408 e. The highest BCUT2D eigenvalue weighted by molar-refractivity contribution is 6.03. The Hall–Kier alpha value is -3.50. The highest BCUT2D eigenvalue weighted by Gasteiger charge is 2.36. The van der Waals surface area contributed by atoms with Gasteiger partial charge in [-0.25, -0.2) is 8.78 Å². The number of fused-ring (bicyclic) bond motifs is 2. The van der Waals surface area contributed by atoms with Gasteiger partial charge in [0.1, 0.15) is 29.8 Å². The molecule has 1 saturated heterocycles. The van der Waals surface area contributed by atoms with Crippen molar-refractivity contribution in [3.63, 3.8) is 0 Å². The van der Waals surface area contributed by atoms with Crippen LogP contribution in [-0.4, -0.2) is 50.8 Å². The van der Waals surface area contributed by atoms with Gasteiger partial charge in [0.25, 0.3) is 11.8 Å². The molecule has 4 aromatic rings. The van der Waals surface area contributed by atoms with E-state index in [1.807, 2.05) is 0 Å². The zero-order valence-corrected chi connectivity index (χ0v) is 17.1. The number of rotatable bonds is 3. The van der Waals surface area contributed by atoms with Crippen LogP contribution in [0.15, 0.2) is 47.2 Å². The molecule has 0 atom stereocenters. The van der Waals surface area contributed by atoms with Gasteiger partial charge in [-0.05, 0) is 12.1 Å². The van der Waals surface area contributed by atoms with Crippen molar-refractivity contribution in [3.8, 4) is 11.3 Å². The van der Waals surface area contributed by atoms with E-state index in [4.69, 9.17) is 4.42 Å². The number of pyridine rings is 1. The fourth-order valence-electron chi connectivity index (χ4n) is 4.04. The molecule has 5 rings (SSSR count). The largest absolute Gasteiger partial charge is 0.464 e. The first-order chi connectivity index (χ1) is 15.6. The number of piperidine rings is 1. The topological polar surface area (TPSA) is 64.2 Å². The number of carbonyl (C=O) groups excluding carboxylic acids is 1. The van der Waals surface area contributed by atoms with Crippen LogP contribution >= 0.6 is 0 Å². The lowest BCUT2D eigenvalue weighted by molar-refractivity contribution is -0.141. The molecule has 0 radical (unpaired) electrons. The van der Waals surface area contributed by atoms with Gasteiger partial charge in [0.15, 0.2) is 0 Å². The van der Waals surface area contributed by atoms with Gasteiger partial charge in [0.05, 0.1) is 5.52 Å². The molecule has 3 aromatic heterocycles. The Balaban J connectivity index is 1.59. The van der Waals surface area contributed by atoms with E-state index < -0.39 is 37.4 Å². The van der Waals surface area contributed by atoms with Gasteiger partial charge in [-0.15, -0.1) is 0 Å². The molecule has 1 amide bonds. The summed E-state index contributed by atoms with van der Waals surface area (Å²) in [6.45, 7) is -1.67. The molecule has 1 aromatic carbocycles. The number of benzene rings is 1. The number of aromatic nitrogens is 3. The summed E-state index contributed by atoms with van der Waals surface area (Å²) in [6, 6.07) is 8.26. The van der Waals surface area contributed by atoms with Crippen LogP contribution in [0.5, 0.6) is 0 Å². The van der Waals surface area contributed by atoms with Crippen LogP contribution in [0, 0.1) is 0 Å². The Morgan fingerprint density at radius 3 is 2.58 bits per heavy atom. The number of carbonyl (C=O) groups is 1. The van der Waals surface area contributed by atoms with Crippen molar-refractivity contribution in [2.24, 2.45) is 0 Å². The van der Waals surface area contributed by atoms with Gasteiger partial charge in [0.2, 0.25) is 0 Å². The van der Waals surface area contributed by atoms with Crippen LogP contribution in [-0.2, 0) is 6.54 Å². The Kier molecular flexibility index (Phi) is 4.87. The van der Waals surface area contributed by atoms with E-state index in [-0.39, 0.29) is 30.0 Å². The third-order valence-corrected chi connectivity index (χ3v) is 5.70. The summed E-state index contributed by atoms with van der Waals surface area (Å²) in [5.74, 6) is -3.44. The van der Waals surface area contributed by atoms with E-state index in [0.717, 1.165) is 4.68 Å². The quantitative estimate of drug-likeness (QED) is 0.387. The van der Waals surface area contributed by atoms with Gasteiger partial charge in [-0.1, -0.05) is 18.2 Å². The monoisotopic (exact) mass is 464 g/mol. The number of para-hydroxylation sites is 1. The van der Waals surface area contributed by atoms with Crippen molar-refractivity contribution >= 4 is 27.8 Å². The molecule has 33 heavy (non-hydrogen) atoms. The zero-order chi connectivity index (χ0) is 23.4. The third kappa shape index (κ3) is 4.03. The Morgan fingerprint density at radius 2 is 1.85 bits per heavy atom. The summed E-state index contributed by atoms with van der Waals surface area (Å²) in [6.07, 6.45) is -2.79. The van der Waals surface area contributed by atoms with Gasteiger partial charge >= 0.3 is 6.18 Å². The van der Waals surface area contributed by atoms with Crippen LogP contribution in [0.2, 0.25) is 0 Å². The van der Waals surface area contributed by atoms with Crippen LogP contribution in [0.3, 0.4) is 0 Å². The summed E-state index contributed by atoms with van der Waals surface area (Å²) >= 11 is 0. The molecule has 4 heterocycles. The van der Waals surface area contributed by atoms with Gasteiger partial charge < -0.3 is 9.32 Å². The smallest absolute Gasteiger partial charge is 0.408 e. The van der Waals surface area contributed by atoms with E-state index in [1.165, 1.54) is 23.4 Å². The summed E-state index contributed by atoms with van der Waals surface area (Å²) in [5, 5.41) is 5.16. The molecule has 0 unspecified atom stereocenters. The first-order valence-corrected chi connectivity index (χ1v) is 10.2. The molecule has 0 bridgehead atoms. The number of halogens is 5. The summed E-state index contributed by atoms with van der Waals surface area (Å²) in [5.41, 5.74) is 1.22. The molecule has 0 aliphatic carbocycles. The second-order valence-corrected chi connectivity index (χ2v) is 8.00. The van der Waals surface area contributed by atoms with Crippen molar-refractivity contribution in [1.29, 1.82) is 0 Å². The fraction of sp³-hybridized carbons (Fsp3) is 0.318. The summed E-state index contributed by atoms with van der Waals surface area (Å²) < 4.78 is 72.9.